The number of nitrogens with two attached hydrogens (primary N) is 1. The average molecular weight is 268 g/mol. The maximum atomic E-state index is 11.7. The summed E-state index contributed by atoms with van der Waals surface area (Å²) >= 11 is 0. The Labute approximate surface area is 107 Å². The predicted octanol–water partition coefficient (Wildman–Crippen LogP) is 0.448. The van der Waals surface area contributed by atoms with E-state index in [-0.39, 0.29) is 18.1 Å². The maximum Gasteiger partial charge on any atom is 0.156 e. The van der Waals surface area contributed by atoms with Crippen LogP contribution in [0.1, 0.15) is 11.1 Å². The van der Waals surface area contributed by atoms with Crippen LogP contribution in [0.15, 0.2) is 24.3 Å². The zero-order valence-electron chi connectivity index (χ0n) is 10.0. The SMILES string of the molecule is N#Cc1ccc(CS(=O)(=O)CCOCCN)cc1. The third-order valence-electron chi connectivity index (χ3n) is 2.27. The van der Waals surface area contributed by atoms with E-state index in [1.165, 1.54) is 0 Å². The van der Waals surface area contributed by atoms with Crippen molar-refractivity contribution < 1.29 is 13.2 Å². The molecule has 1 aromatic rings. The van der Waals surface area contributed by atoms with Crippen molar-refractivity contribution >= 4 is 9.84 Å². The Morgan fingerprint density at radius 1 is 1.22 bits per heavy atom. The summed E-state index contributed by atoms with van der Waals surface area (Å²) in [5, 5.41) is 8.63. The van der Waals surface area contributed by atoms with Gasteiger partial charge in [-0.1, -0.05) is 12.1 Å². The van der Waals surface area contributed by atoms with Crippen LogP contribution < -0.4 is 5.73 Å². The summed E-state index contributed by atoms with van der Waals surface area (Å²) < 4.78 is 28.5. The Morgan fingerprint density at radius 3 is 2.44 bits per heavy atom. The lowest BCUT2D eigenvalue weighted by atomic mass is 10.2. The second-order valence-electron chi connectivity index (χ2n) is 3.80. The summed E-state index contributed by atoms with van der Waals surface area (Å²) in [6.45, 7) is 0.915. The van der Waals surface area contributed by atoms with Gasteiger partial charge in [0.1, 0.15) is 0 Å². The highest BCUT2D eigenvalue weighted by atomic mass is 32.2. The molecule has 1 rings (SSSR count). The minimum Gasteiger partial charge on any atom is -0.379 e. The Hall–Kier alpha value is -1.42. The Morgan fingerprint density at radius 2 is 1.89 bits per heavy atom. The highest BCUT2D eigenvalue weighted by molar-refractivity contribution is 7.90. The summed E-state index contributed by atoms with van der Waals surface area (Å²) in [4.78, 5) is 0. The fraction of sp³-hybridized carbons (Fsp3) is 0.417. The van der Waals surface area contributed by atoms with Crippen molar-refractivity contribution in [1.82, 2.24) is 0 Å². The summed E-state index contributed by atoms with van der Waals surface area (Å²) in [6, 6.07) is 8.50. The van der Waals surface area contributed by atoms with Crippen LogP contribution in [-0.4, -0.2) is 33.9 Å². The van der Waals surface area contributed by atoms with Crippen LogP contribution in [-0.2, 0) is 20.3 Å². The van der Waals surface area contributed by atoms with Crippen molar-refractivity contribution in [3.63, 3.8) is 0 Å². The number of nitrogens with zero attached hydrogens (tertiary/aromatic N) is 1. The van der Waals surface area contributed by atoms with E-state index in [2.05, 4.69) is 0 Å². The molecule has 0 saturated carbocycles. The molecule has 0 aliphatic heterocycles. The Balaban J connectivity index is 2.51. The smallest absolute Gasteiger partial charge is 0.156 e. The molecule has 0 heterocycles. The molecule has 6 heteroatoms. The number of sulfone groups is 1. The first-order valence-electron chi connectivity index (χ1n) is 5.54. The average Bonchev–Trinajstić information content (AvgIpc) is 2.35. The lowest BCUT2D eigenvalue weighted by molar-refractivity contribution is 0.157. The number of hydrogen-bond donors (Lipinski definition) is 1. The number of nitriles is 1. The molecule has 0 aliphatic rings. The van der Waals surface area contributed by atoms with Crippen molar-refractivity contribution in [2.45, 2.75) is 5.75 Å². The highest BCUT2D eigenvalue weighted by Gasteiger charge is 2.11. The summed E-state index contributed by atoms with van der Waals surface area (Å²) in [5.74, 6) is -0.0578. The van der Waals surface area contributed by atoms with Crippen molar-refractivity contribution in [3.05, 3.63) is 35.4 Å². The third-order valence-corrected chi connectivity index (χ3v) is 3.83. The normalized spacial score (nSPS) is 11.1. The number of benzene rings is 1. The molecular formula is C12H16N2O3S. The van der Waals surface area contributed by atoms with Crippen LogP contribution in [0.5, 0.6) is 0 Å². The van der Waals surface area contributed by atoms with Gasteiger partial charge in [-0.15, -0.1) is 0 Å². The minimum absolute atomic E-state index is 0.0208. The van der Waals surface area contributed by atoms with Crippen molar-refractivity contribution in [2.75, 3.05) is 25.5 Å². The van der Waals surface area contributed by atoms with Crippen LogP contribution in [0.2, 0.25) is 0 Å². The number of hydrogen-bond acceptors (Lipinski definition) is 5. The Bertz CT molecular complexity index is 503. The van der Waals surface area contributed by atoms with Crippen molar-refractivity contribution in [1.29, 1.82) is 5.26 Å². The molecule has 5 nitrogen and oxygen atoms in total. The van der Waals surface area contributed by atoms with Gasteiger partial charge in [0.2, 0.25) is 0 Å². The lowest BCUT2D eigenvalue weighted by Crippen LogP contribution is -2.17. The molecule has 1 aromatic carbocycles. The van der Waals surface area contributed by atoms with Gasteiger partial charge in [-0.3, -0.25) is 0 Å². The molecule has 0 bridgehead atoms. The lowest BCUT2D eigenvalue weighted by Gasteiger charge is -2.05. The predicted molar refractivity (Wildman–Crippen MR) is 68.5 cm³/mol. The molecule has 2 N–H and O–H groups in total. The maximum absolute atomic E-state index is 11.7. The van der Waals surface area contributed by atoms with E-state index < -0.39 is 9.84 Å². The topological polar surface area (TPSA) is 93.2 Å². The van der Waals surface area contributed by atoms with E-state index in [0.29, 0.717) is 24.3 Å². The molecule has 0 aromatic heterocycles. The molecule has 0 atom stereocenters. The molecule has 0 amide bonds. The first-order valence-corrected chi connectivity index (χ1v) is 7.37. The number of ether oxygens (including phenoxy) is 1. The molecule has 0 saturated heterocycles. The zero-order chi connectivity index (χ0) is 13.4. The van der Waals surface area contributed by atoms with Crippen LogP contribution in [0.4, 0.5) is 0 Å². The molecule has 0 unspecified atom stereocenters. The molecule has 0 fully saturated rings. The highest BCUT2D eigenvalue weighted by Crippen LogP contribution is 2.08. The Kier molecular flexibility index (Phi) is 5.78. The van der Waals surface area contributed by atoms with Crippen LogP contribution in [0.3, 0.4) is 0 Å². The largest absolute Gasteiger partial charge is 0.379 e. The van der Waals surface area contributed by atoms with E-state index in [1.807, 2.05) is 6.07 Å². The zero-order valence-corrected chi connectivity index (χ0v) is 10.8. The second kappa shape index (κ2) is 7.11. The van der Waals surface area contributed by atoms with E-state index in [1.54, 1.807) is 24.3 Å². The standard InChI is InChI=1S/C12H16N2O3S/c13-5-6-17-7-8-18(15,16)10-12-3-1-11(9-14)2-4-12/h1-4H,5-8,10,13H2. The number of rotatable bonds is 7. The monoisotopic (exact) mass is 268 g/mol. The van der Waals surface area contributed by atoms with Gasteiger partial charge in [-0.2, -0.15) is 5.26 Å². The van der Waals surface area contributed by atoms with Gasteiger partial charge in [-0.05, 0) is 17.7 Å². The molecule has 0 spiro atoms. The van der Waals surface area contributed by atoms with Gasteiger partial charge < -0.3 is 10.5 Å². The molecule has 18 heavy (non-hydrogen) atoms. The molecular weight excluding hydrogens is 252 g/mol. The summed E-state index contributed by atoms with van der Waals surface area (Å²) in [5.41, 5.74) is 6.42. The van der Waals surface area contributed by atoms with Crippen molar-refractivity contribution in [3.8, 4) is 6.07 Å². The summed E-state index contributed by atoms with van der Waals surface area (Å²) in [7, 11) is -3.18. The van der Waals surface area contributed by atoms with Gasteiger partial charge in [0.15, 0.2) is 9.84 Å². The van der Waals surface area contributed by atoms with Crippen molar-refractivity contribution in [2.24, 2.45) is 5.73 Å². The quantitative estimate of drug-likeness (QED) is 0.725. The summed E-state index contributed by atoms with van der Waals surface area (Å²) in [6.07, 6.45) is 0. The third kappa shape index (κ3) is 5.27. The van der Waals surface area contributed by atoms with E-state index in [9.17, 15) is 8.42 Å². The van der Waals surface area contributed by atoms with Gasteiger partial charge in [0.05, 0.1) is 36.4 Å². The van der Waals surface area contributed by atoms with E-state index in [0.717, 1.165) is 0 Å². The molecule has 98 valence electrons. The van der Waals surface area contributed by atoms with Gasteiger partial charge in [0.25, 0.3) is 0 Å². The van der Waals surface area contributed by atoms with Gasteiger partial charge >= 0.3 is 0 Å². The van der Waals surface area contributed by atoms with E-state index >= 15 is 0 Å². The van der Waals surface area contributed by atoms with Gasteiger partial charge in [-0.25, -0.2) is 8.42 Å². The minimum atomic E-state index is -3.18. The van der Waals surface area contributed by atoms with Crippen LogP contribution >= 0.6 is 0 Å². The van der Waals surface area contributed by atoms with E-state index in [4.69, 9.17) is 15.7 Å². The fourth-order valence-corrected chi connectivity index (χ4v) is 2.59. The first-order chi connectivity index (χ1) is 8.57. The first kappa shape index (κ1) is 14.6. The molecule has 0 aliphatic carbocycles. The van der Waals surface area contributed by atoms with Gasteiger partial charge in [0, 0.05) is 6.54 Å². The second-order valence-corrected chi connectivity index (χ2v) is 5.99. The fourth-order valence-electron chi connectivity index (χ4n) is 1.37. The van der Waals surface area contributed by atoms with Crippen LogP contribution in [0, 0.1) is 11.3 Å². The van der Waals surface area contributed by atoms with Crippen LogP contribution in [0.25, 0.3) is 0 Å². The molecule has 0 radical (unpaired) electrons.